The van der Waals surface area contributed by atoms with Crippen molar-refractivity contribution in [1.82, 2.24) is 9.97 Å². The zero-order valence-electron chi connectivity index (χ0n) is 26.9. The van der Waals surface area contributed by atoms with E-state index >= 15 is 0 Å². The van der Waals surface area contributed by atoms with Gasteiger partial charge in [0.15, 0.2) is 5.82 Å². The van der Waals surface area contributed by atoms with Crippen LogP contribution < -0.4 is 0 Å². The number of rotatable bonds is 3. The molecule has 0 saturated heterocycles. The number of hydrogen-bond acceptors (Lipinski definition) is 2. The molecule has 5 aliphatic rings. The Hall–Kier alpha value is -5.08. The van der Waals surface area contributed by atoms with Crippen LogP contribution in [0.1, 0.15) is 43.2 Å². The van der Waals surface area contributed by atoms with E-state index in [0.717, 1.165) is 57.2 Å². The highest BCUT2D eigenvalue weighted by Crippen LogP contribution is 2.69. The van der Waals surface area contributed by atoms with Gasteiger partial charge in [-0.25, -0.2) is 9.97 Å². The summed E-state index contributed by atoms with van der Waals surface area (Å²) in [5, 5.41) is 3.50. The van der Waals surface area contributed by atoms with Crippen molar-refractivity contribution in [3.05, 3.63) is 145 Å². The third-order valence-electron chi connectivity index (χ3n) is 12.7. The second kappa shape index (κ2) is 9.97. The third kappa shape index (κ3) is 3.69. The summed E-state index contributed by atoms with van der Waals surface area (Å²) in [6.07, 6.45) is 7.14. The van der Waals surface area contributed by atoms with Gasteiger partial charge in [-0.15, -0.1) is 0 Å². The molecule has 4 bridgehead atoms. The van der Waals surface area contributed by atoms with E-state index in [9.17, 15) is 0 Å². The summed E-state index contributed by atoms with van der Waals surface area (Å²) in [5.74, 6) is 4.24. The minimum absolute atomic E-state index is 0.205. The average molecular weight is 617 g/mol. The molecule has 1 aromatic heterocycles. The maximum absolute atomic E-state index is 5.30. The van der Waals surface area contributed by atoms with E-state index in [1.807, 2.05) is 0 Å². The van der Waals surface area contributed by atoms with E-state index in [1.54, 1.807) is 11.1 Å². The molecule has 4 fully saturated rings. The lowest BCUT2D eigenvalue weighted by molar-refractivity contribution is -0.0399. The molecule has 0 aliphatic heterocycles. The number of aromatic nitrogens is 2. The molecular weight excluding hydrogens is 581 g/mol. The van der Waals surface area contributed by atoms with Crippen LogP contribution in [-0.2, 0) is 5.41 Å². The van der Waals surface area contributed by atoms with Gasteiger partial charge in [0, 0.05) is 21.9 Å². The van der Waals surface area contributed by atoms with Gasteiger partial charge in [-0.3, -0.25) is 0 Å². The summed E-state index contributed by atoms with van der Waals surface area (Å²) in [4.78, 5) is 10.4. The van der Waals surface area contributed by atoms with Crippen molar-refractivity contribution in [2.75, 3.05) is 0 Å². The molecule has 4 saturated carbocycles. The van der Waals surface area contributed by atoms with Gasteiger partial charge in [0.1, 0.15) is 0 Å². The van der Waals surface area contributed by atoms with E-state index in [0.29, 0.717) is 0 Å². The fraction of sp³-hybridized carbons (Fsp3) is 0.217. The summed E-state index contributed by atoms with van der Waals surface area (Å²) in [6, 6.07) is 49.2. The van der Waals surface area contributed by atoms with Gasteiger partial charge >= 0.3 is 0 Å². The van der Waals surface area contributed by atoms with Crippen LogP contribution in [0.5, 0.6) is 0 Å². The topological polar surface area (TPSA) is 25.8 Å². The van der Waals surface area contributed by atoms with Crippen LogP contribution in [0.4, 0.5) is 0 Å². The Morgan fingerprint density at radius 1 is 0.458 bits per heavy atom. The van der Waals surface area contributed by atoms with Crippen molar-refractivity contribution in [3.63, 3.8) is 0 Å². The SMILES string of the molecule is c1cc(-c2ccc3c(c2)-c2ccccc2C32C3CC4CC(C3)CC2C4)cc(-c2nc(-c3cccc4ccccc34)c3ccccc3n2)c1. The molecule has 6 aromatic carbocycles. The monoisotopic (exact) mass is 616 g/mol. The first kappa shape index (κ1) is 26.9. The zero-order chi connectivity index (χ0) is 31.4. The first-order valence-electron chi connectivity index (χ1n) is 17.8. The minimum atomic E-state index is 0.205. The first-order valence-corrected chi connectivity index (χ1v) is 17.8. The molecule has 0 radical (unpaired) electrons. The number of benzene rings is 6. The van der Waals surface area contributed by atoms with Gasteiger partial charge in [-0.05, 0) is 118 Å². The molecule has 2 heteroatoms. The van der Waals surface area contributed by atoms with Crippen molar-refractivity contribution < 1.29 is 0 Å². The van der Waals surface area contributed by atoms with Gasteiger partial charge in [-0.2, -0.15) is 0 Å². The highest BCUT2D eigenvalue weighted by Gasteiger charge is 2.61. The Morgan fingerprint density at radius 2 is 1.10 bits per heavy atom. The summed E-state index contributed by atoms with van der Waals surface area (Å²) < 4.78 is 0. The summed E-state index contributed by atoms with van der Waals surface area (Å²) in [6.45, 7) is 0. The van der Waals surface area contributed by atoms with Gasteiger partial charge in [0.25, 0.3) is 0 Å². The maximum Gasteiger partial charge on any atom is 0.160 e. The van der Waals surface area contributed by atoms with Crippen molar-refractivity contribution in [1.29, 1.82) is 0 Å². The molecule has 0 atom stereocenters. The first-order chi connectivity index (χ1) is 23.7. The van der Waals surface area contributed by atoms with E-state index < -0.39 is 0 Å². The van der Waals surface area contributed by atoms with Crippen LogP contribution >= 0.6 is 0 Å². The Balaban J connectivity index is 1.05. The molecule has 0 amide bonds. The molecule has 0 N–H and O–H groups in total. The predicted octanol–water partition coefficient (Wildman–Crippen LogP) is 11.5. The Labute approximate surface area is 281 Å². The summed E-state index contributed by atoms with van der Waals surface area (Å²) >= 11 is 0. The highest BCUT2D eigenvalue weighted by molar-refractivity contribution is 6.03. The van der Waals surface area contributed by atoms with Gasteiger partial charge in [-0.1, -0.05) is 115 Å². The lowest BCUT2D eigenvalue weighted by Gasteiger charge is -2.61. The Bertz CT molecular complexity index is 2400. The molecule has 1 spiro atoms. The number of nitrogens with zero attached hydrogens (tertiary/aromatic N) is 2. The Kier molecular flexibility index (Phi) is 5.59. The molecule has 1 heterocycles. The normalized spacial score (nSPS) is 24.8. The molecule has 0 unspecified atom stereocenters. The molecule has 7 aromatic rings. The van der Waals surface area contributed by atoms with Crippen LogP contribution in [0.3, 0.4) is 0 Å². The highest BCUT2D eigenvalue weighted by atomic mass is 14.9. The second-order valence-corrected chi connectivity index (χ2v) is 15.0. The largest absolute Gasteiger partial charge is 0.228 e. The van der Waals surface area contributed by atoms with Crippen LogP contribution in [-0.4, -0.2) is 9.97 Å². The predicted molar refractivity (Wildman–Crippen MR) is 197 cm³/mol. The van der Waals surface area contributed by atoms with Crippen molar-refractivity contribution >= 4 is 21.7 Å². The lowest BCUT2D eigenvalue weighted by Crippen LogP contribution is -2.55. The number of para-hydroxylation sites is 1. The fourth-order valence-corrected chi connectivity index (χ4v) is 11.0. The van der Waals surface area contributed by atoms with Crippen LogP contribution in [0.25, 0.3) is 66.6 Å². The standard InChI is InChI=1S/C46H36N2/c1-2-13-36-30(9-1)10-8-16-38(36)44-39-15-4-6-18-43(39)47-45(48-44)33-12-7-11-31(26-33)32-19-20-42-40(27-32)37-14-3-5-17-41(37)46(42)34-22-28-21-29(24-34)25-35(46)23-28/h1-20,26-29,34-35H,21-25H2. The fourth-order valence-electron chi connectivity index (χ4n) is 11.0. The lowest BCUT2D eigenvalue weighted by atomic mass is 9.43. The molecule has 5 aliphatic carbocycles. The Morgan fingerprint density at radius 3 is 1.98 bits per heavy atom. The average Bonchev–Trinajstić information content (AvgIpc) is 3.43. The van der Waals surface area contributed by atoms with Crippen molar-refractivity contribution in [2.24, 2.45) is 23.7 Å². The summed E-state index contributed by atoms with van der Waals surface area (Å²) in [5.41, 5.74) is 13.0. The second-order valence-electron chi connectivity index (χ2n) is 15.0. The zero-order valence-corrected chi connectivity index (χ0v) is 26.9. The molecule has 12 rings (SSSR count). The van der Waals surface area contributed by atoms with E-state index in [2.05, 4.69) is 133 Å². The van der Waals surface area contributed by atoms with Gasteiger partial charge < -0.3 is 0 Å². The van der Waals surface area contributed by atoms with E-state index in [1.165, 1.54) is 65.1 Å². The van der Waals surface area contributed by atoms with Crippen LogP contribution in [0.15, 0.2) is 133 Å². The van der Waals surface area contributed by atoms with Crippen molar-refractivity contribution in [3.8, 4) is 44.9 Å². The molecule has 48 heavy (non-hydrogen) atoms. The third-order valence-corrected chi connectivity index (χ3v) is 12.7. The van der Waals surface area contributed by atoms with Crippen LogP contribution in [0, 0.1) is 23.7 Å². The number of hydrogen-bond donors (Lipinski definition) is 0. The number of fused-ring (bicyclic) bond motifs is 5. The van der Waals surface area contributed by atoms with Gasteiger partial charge in [0.05, 0.1) is 11.2 Å². The maximum atomic E-state index is 5.30. The van der Waals surface area contributed by atoms with Gasteiger partial charge in [0.2, 0.25) is 0 Å². The van der Waals surface area contributed by atoms with E-state index in [-0.39, 0.29) is 5.41 Å². The quantitative estimate of drug-likeness (QED) is 0.197. The van der Waals surface area contributed by atoms with Crippen LogP contribution in [0.2, 0.25) is 0 Å². The minimum Gasteiger partial charge on any atom is -0.228 e. The van der Waals surface area contributed by atoms with Crippen molar-refractivity contribution in [2.45, 2.75) is 37.5 Å². The molecular formula is C46H36N2. The summed E-state index contributed by atoms with van der Waals surface area (Å²) in [7, 11) is 0. The molecule has 230 valence electrons. The van der Waals surface area contributed by atoms with E-state index in [4.69, 9.17) is 9.97 Å². The smallest absolute Gasteiger partial charge is 0.160 e. The molecule has 2 nitrogen and oxygen atoms in total.